The lowest BCUT2D eigenvalue weighted by molar-refractivity contribution is -0.143. The number of alkyl halides is 3. The molecule has 0 saturated carbocycles. The fraction of sp³-hybridized carbons (Fsp3) is 0.600. The molecule has 2 N–H and O–H groups in total. The quantitative estimate of drug-likeness (QED) is 0.710. The summed E-state index contributed by atoms with van der Waals surface area (Å²) in [6.45, 7) is -0.751. The third-order valence-electron chi connectivity index (χ3n) is 2.11. The molecule has 10 heteroatoms. The van der Waals surface area contributed by atoms with Crippen LogP contribution < -0.4 is 10.9 Å². The predicted molar refractivity (Wildman–Crippen MR) is 68.6 cm³/mol. The third-order valence-corrected chi connectivity index (χ3v) is 2.88. The van der Waals surface area contributed by atoms with E-state index in [1.54, 1.807) is 0 Å². The number of aliphatic hydroxyl groups is 1. The molecule has 0 aliphatic heterocycles. The first-order chi connectivity index (χ1) is 9.35. The number of rotatable bonds is 7. The molecule has 1 aromatic heterocycles. The molecule has 0 aromatic carbocycles. The number of anilines is 1. The van der Waals surface area contributed by atoms with E-state index in [9.17, 15) is 18.0 Å². The maximum Gasteiger partial charge on any atom is 0.408 e. The summed E-state index contributed by atoms with van der Waals surface area (Å²) in [5.41, 5.74) is -0.593. The summed E-state index contributed by atoms with van der Waals surface area (Å²) in [6, 6.07) is 0. The molecule has 1 aromatic rings. The van der Waals surface area contributed by atoms with Crippen molar-refractivity contribution in [3.63, 3.8) is 0 Å². The zero-order chi connectivity index (χ0) is 15.2. The molecule has 0 bridgehead atoms. The Morgan fingerprint density at radius 1 is 1.45 bits per heavy atom. The number of hydrogen-bond acceptors (Lipinski definition) is 5. The number of aliphatic hydroxyl groups excluding tert-OH is 1. The molecule has 0 spiro atoms. The molecule has 0 amide bonds. The van der Waals surface area contributed by atoms with Crippen molar-refractivity contribution in [2.45, 2.75) is 12.7 Å². The van der Waals surface area contributed by atoms with Crippen molar-refractivity contribution in [1.82, 2.24) is 9.78 Å². The van der Waals surface area contributed by atoms with Gasteiger partial charge in [0.15, 0.2) is 0 Å². The molecular weight excluding hydrogens is 347 g/mol. The van der Waals surface area contributed by atoms with E-state index in [1.807, 2.05) is 0 Å². The Balaban J connectivity index is 2.67. The minimum absolute atomic E-state index is 0.0288. The van der Waals surface area contributed by atoms with Crippen LogP contribution >= 0.6 is 15.9 Å². The van der Waals surface area contributed by atoms with Crippen molar-refractivity contribution in [3.8, 4) is 0 Å². The van der Waals surface area contributed by atoms with Gasteiger partial charge in [0.25, 0.3) is 5.56 Å². The van der Waals surface area contributed by atoms with Gasteiger partial charge in [-0.05, 0) is 15.9 Å². The van der Waals surface area contributed by atoms with Gasteiger partial charge in [-0.25, -0.2) is 4.68 Å². The second kappa shape index (κ2) is 7.60. The van der Waals surface area contributed by atoms with Crippen LogP contribution in [0.25, 0.3) is 0 Å². The van der Waals surface area contributed by atoms with E-state index in [2.05, 4.69) is 26.3 Å². The number of ether oxygens (including phenoxy) is 1. The van der Waals surface area contributed by atoms with Gasteiger partial charge in [0.05, 0.1) is 31.7 Å². The summed E-state index contributed by atoms with van der Waals surface area (Å²) in [6.07, 6.45) is -3.38. The van der Waals surface area contributed by atoms with Gasteiger partial charge >= 0.3 is 6.18 Å². The largest absolute Gasteiger partial charge is 0.408 e. The van der Waals surface area contributed by atoms with E-state index < -0.39 is 18.3 Å². The fourth-order valence-corrected chi connectivity index (χ4v) is 1.74. The van der Waals surface area contributed by atoms with Gasteiger partial charge in [0.1, 0.15) is 11.0 Å². The minimum atomic E-state index is -4.51. The van der Waals surface area contributed by atoms with Gasteiger partial charge in [0, 0.05) is 6.54 Å². The maximum absolute atomic E-state index is 12.2. The van der Waals surface area contributed by atoms with Crippen molar-refractivity contribution in [1.29, 1.82) is 0 Å². The molecule has 20 heavy (non-hydrogen) atoms. The first-order valence-corrected chi connectivity index (χ1v) is 6.39. The SMILES string of the molecule is O=c1c(Br)c(NCCOCCO)cnn1CC(F)(F)F. The van der Waals surface area contributed by atoms with Crippen molar-refractivity contribution < 1.29 is 23.0 Å². The van der Waals surface area contributed by atoms with Gasteiger partial charge < -0.3 is 15.2 Å². The third kappa shape index (κ3) is 5.47. The monoisotopic (exact) mass is 359 g/mol. The van der Waals surface area contributed by atoms with Crippen LogP contribution in [0.4, 0.5) is 18.9 Å². The molecule has 0 atom stereocenters. The lowest BCUT2D eigenvalue weighted by Crippen LogP contribution is -2.31. The number of nitrogens with zero attached hydrogens (tertiary/aromatic N) is 2. The van der Waals surface area contributed by atoms with E-state index in [1.165, 1.54) is 0 Å². The number of nitrogens with one attached hydrogen (secondary N) is 1. The van der Waals surface area contributed by atoms with Gasteiger partial charge in [-0.1, -0.05) is 0 Å². The second-order valence-electron chi connectivity index (χ2n) is 3.71. The van der Waals surface area contributed by atoms with Crippen LogP contribution in [0.15, 0.2) is 15.5 Å². The van der Waals surface area contributed by atoms with Crippen molar-refractivity contribution in [2.75, 3.05) is 31.7 Å². The summed E-state index contributed by atoms with van der Waals surface area (Å²) in [4.78, 5) is 11.7. The molecule has 0 saturated heterocycles. The zero-order valence-corrected chi connectivity index (χ0v) is 11.9. The molecule has 114 valence electrons. The van der Waals surface area contributed by atoms with Gasteiger partial charge in [-0.2, -0.15) is 18.3 Å². The van der Waals surface area contributed by atoms with Crippen LogP contribution in [0.5, 0.6) is 0 Å². The topological polar surface area (TPSA) is 76.4 Å². The Morgan fingerprint density at radius 2 is 2.15 bits per heavy atom. The van der Waals surface area contributed by atoms with Crippen LogP contribution in [0.1, 0.15) is 0 Å². The Kier molecular flexibility index (Phi) is 6.43. The highest BCUT2D eigenvalue weighted by Crippen LogP contribution is 2.19. The minimum Gasteiger partial charge on any atom is -0.394 e. The Hall–Kier alpha value is -1.13. The predicted octanol–water partition coefficient (Wildman–Crippen LogP) is 0.989. The first-order valence-electron chi connectivity index (χ1n) is 5.60. The number of hydrogen-bond donors (Lipinski definition) is 2. The summed E-state index contributed by atoms with van der Waals surface area (Å²) in [7, 11) is 0. The molecule has 1 heterocycles. The molecule has 1 rings (SSSR count). The molecular formula is C10H13BrF3N3O3. The molecule has 0 aliphatic rings. The summed E-state index contributed by atoms with van der Waals surface area (Å²) in [5, 5.41) is 14.7. The van der Waals surface area contributed by atoms with E-state index in [0.717, 1.165) is 6.20 Å². The first kappa shape index (κ1) is 16.9. The maximum atomic E-state index is 12.2. The van der Waals surface area contributed by atoms with Gasteiger partial charge in [-0.3, -0.25) is 4.79 Å². The van der Waals surface area contributed by atoms with E-state index >= 15 is 0 Å². The number of aromatic nitrogens is 2. The highest BCUT2D eigenvalue weighted by atomic mass is 79.9. The van der Waals surface area contributed by atoms with Crippen LogP contribution in [0, 0.1) is 0 Å². The van der Waals surface area contributed by atoms with Crippen molar-refractivity contribution >= 4 is 21.6 Å². The number of halogens is 4. The fourth-order valence-electron chi connectivity index (χ4n) is 1.30. The van der Waals surface area contributed by atoms with Crippen LogP contribution in [0.2, 0.25) is 0 Å². The molecule has 0 aliphatic carbocycles. The van der Waals surface area contributed by atoms with Crippen molar-refractivity contribution in [3.05, 3.63) is 21.0 Å². The van der Waals surface area contributed by atoms with Gasteiger partial charge in [-0.15, -0.1) is 0 Å². The summed E-state index contributed by atoms with van der Waals surface area (Å²) < 4.78 is 41.9. The van der Waals surface area contributed by atoms with E-state index in [4.69, 9.17) is 9.84 Å². The second-order valence-corrected chi connectivity index (χ2v) is 4.51. The zero-order valence-electron chi connectivity index (χ0n) is 10.3. The average Bonchev–Trinajstić information content (AvgIpc) is 2.36. The van der Waals surface area contributed by atoms with Crippen molar-refractivity contribution in [2.24, 2.45) is 0 Å². The normalized spacial score (nSPS) is 11.7. The molecule has 0 fully saturated rings. The van der Waals surface area contributed by atoms with Crippen LogP contribution in [0.3, 0.4) is 0 Å². The van der Waals surface area contributed by atoms with Crippen LogP contribution in [-0.4, -0.2) is 47.4 Å². The molecule has 6 nitrogen and oxygen atoms in total. The lowest BCUT2D eigenvalue weighted by atomic mass is 10.4. The van der Waals surface area contributed by atoms with E-state index in [-0.39, 0.29) is 30.0 Å². The van der Waals surface area contributed by atoms with Crippen LogP contribution in [-0.2, 0) is 11.3 Å². The highest BCUT2D eigenvalue weighted by molar-refractivity contribution is 9.10. The highest BCUT2D eigenvalue weighted by Gasteiger charge is 2.29. The summed E-state index contributed by atoms with van der Waals surface area (Å²) in [5.74, 6) is 0. The average molecular weight is 360 g/mol. The molecule has 0 unspecified atom stereocenters. The van der Waals surface area contributed by atoms with E-state index in [0.29, 0.717) is 11.2 Å². The Labute approximate surface area is 120 Å². The lowest BCUT2D eigenvalue weighted by Gasteiger charge is -2.11. The Bertz CT molecular complexity index is 493. The standard InChI is InChI=1S/C10H13BrF3N3O3/c11-8-7(15-1-3-20-4-2-18)5-16-17(9(8)19)6-10(12,13)14/h5,15,18H,1-4,6H2. The smallest absolute Gasteiger partial charge is 0.394 e. The van der Waals surface area contributed by atoms with Gasteiger partial charge in [0.2, 0.25) is 0 Å². The molecule has 0 radical (unpaired) electrons. The Morgan fingerprint density at radius 3 is 2.75 bits per heavy atom. The summed E-state index contributed by atoms with van der Waals surface area (Å²) >= 11 is 2.94.